The molecule has 138 valence electrons. The molecule has 0 aliphatic rings. The van der Waals surface area contributed by atoms with E-state index in [4.69, 9.17) is 0 Å². The smallest absolute Gasteiger partial charge is 0.0279 e. The van der Waals surface area contributed by atoms with Crippen LogP contribution in [0, 0.1) is 0 Å². The maximum absolute atomic E-state index is 2.37. The number of hydrogen-bond donors (Lipinski definition) is 0. The van der Waals surface area contributed by atoms with Crippen molar-refractivity contribution in [1.29, 1.82) is 0 Å². The van der Waals surface area contributed by atoms with Gasteiger partial charge in [0.05, 0.1) is 0 Å². The summed E-state index contributed by atoms with van der Waals surface area (Å²) >= 11 is 0. The van der Waals surface area contributed by atoms with Crippen molar-refractivity contribution in [3.05, 3.63) is 35.4 Å². The van der Waals surface area contributed by atoms with E-state index in [2.05, 4.69) is 38.1 Å². The van der Waals surface area contributed by atoms with Gasteiger partial charge < -0.3 is 0 Å². The molecule has 0 saturated heterocycles. The molecule has 0 heterocycles. The Morgan fingerprint density at radius 3 is 1.04 bits per heavy atom. The minimum Gasteiger partial charge on any atom is -0.0654 e. The molecule has 0 radical (unpaired) electrons. The Balaban J connectivity index is 2.01. The summed E-state index contributed by atoms with van der Waals surface area (Å²) in [6.45, 7) is 4.58. The summed E-state index contributed by atoms with van der Waals surface area (Å²) in [7, 11) is 0. The summed E-state index contributed by atoms with van der Waals surface area (Å²) in [5, 5.41) is 0. The van der Waals surface area contributed by atoms with Crippen LogP contribution in [0.25, 0.3) is 0 Å². The standard InChI is InChI=1S/C24H42/c1-3-5-7-9-11-12-14-16-18-24-21-19-23(20-22-24)17-15-13-10-8-6-4-2/h19-22H,3-18H2,1-2H3. The minimum atomic E-state index is 1.27. The first-order valence-corrected chi connectivity index (χ1v) is 10.9. The molecule has 24 heavy (non-hydrogen) atoms. The van der Waals surface area contributed by atoms with E-state index in [0.717, 1.165) is 0 Å². The maximum Gasteiger partial charge on any atom is -0.0279 e. The van der Waals surface area contributed by atoms with E-state index < -0.39 is 0 Å². The Kier molecular flexibility index (Phi) is 13.9. The molecule has 0 amide bonds. The van der Waals surface area contributed by atoms with E-state index in [9.17, 15) is 0 Å². The Morgan fingerprint density at radius 2 is 0.708 bits per heavy atom. The summed E-state index contributed by atoms with van der Waals surface area (Å²) in [4.78, 5) is 0. The first-order valence-electron chi connectivity index (χ1n) is 10.9. The molecule has 1 rings (SSSR count). The summed E-state index contributed by atoms with van der Waals surface area (Å²) in [6, 6.07) is 9.47. The van der Waals surface area contributed by atoms with Gasteiger partial charge in [-0.15, -0.1) is 0 Å². The molecule has 0 unspecified atom stereocenters. The lowest BCUT2D eigenvalue weighted by atomic mass is 10.0. The van der Waals surface area contributed by atoms with Crippen molar-refractivity contribution < 1.29 is 0 Å². The van der Waals surface area contributed by atoms with Crippen molar-refractivity contribution in [2.24, 2.45) is 0 Å². The highest BCUT2D eigenvalue weighted by Gasteiger charge is 1.97. The van der Waals surface area contributed by atoms with Crippen LogP contribution >= 0.6 is 0 Å². The maximum atomic E-state index is 2.37. The third-order valence-electron chi connectivity index (χ3n) is 5.16. The molecule has 0 saturated carbocycles. The molecule has 1 aromatic carbocycles. The number of aryl methyl sites for hydroxylation is 2. The van der Waals surface area contributed by atoms with Gasteiger partial charge in [0.25, 0.3) is 0 Å². The molecule has 1 aromatic rings. The first-order chi connectivity index (χ1) is 11.9. The lowest BCUT2D eigenvalue weighted by Crippen LogP contribution is -1.90. The van der Waals surface area contributed by atoms with Crippen molar-refractivity contribution in [2.45, 2.75) is 117 Å². The topological polar surface area (TPSA) is 0 Å². The van der Waals surface area contributed by atoms with Crippen molar-refractivity contribution in [3.8, 4) is 0 Å². The fourth-order valence-corrected chi connectivity index (χ4v) is 3.45. The fraction of sp³-hybridized carbons (Fsp3) is 0.750. The van der Waals surface area contributed by atoms with Crippen LogP contribution in [0.3, 0.4) is 0 Å². The van der Waals surface area contributed by atoms with Gasteiger partial charge in [-0.25, -0.2) is 0 Å². The van der Waals surface area contributed by atoms with Crippen LogP contribution in [0.5, 0.6) is 0 Å². The molecule has 0 bridgehead atoms. The fourth-order valence-electron chi connectivity index (χ4n) is 3.45. The average Bonchev–Trinajstić information content (AvgIpc) is 2.61. The van der Waals surface area contributed by atoms with E-state index >= 15 is 0 Å². The minimum absolute atomic E-state index is 1.27. The number of rotatable bonds is 16. The highest BCUT2D eigenvalue weighted by Crippen LogP contribution is 2.14. The second-order valence-electron chi connectivity index (χ2n) is 7.56. The summed E-state index contributed by atoms with van der Waals surface area (Å²) in [5.74, 6) is 0. The number of unbranched alkanes of at least 4 members (excludes halogenated alkanes) is 12. The van der Waals surface area contributed by atoms with E-state index in [0.29, 0.717) is 0 Å². The van der Waals surface area contributed by atoms with Crippen LogP contribution in [0.1, 0.15) is 115 Å². The monoisotopic (exact) mass is 330 g/mol. The normalized spacial score (nSPS) is 11.1. The van der Waals surface area contributed by atoms with Gasteiger partial charge >= 0.3 is 0 Å². The van der Waals surface area contributed by atoms with Gasteiger partial charge in [0.1, 0.15) is 0 Å². The third kappa shape index (κ3) is 11.7. The lowest BCUT2D eigenvalue weighted by molar-refractivity contribution is 0.575. The molecule has 0 fully saturated rings. The van der Waals surface area contributed by atoms with Gasteiger partial charge in [0.15, 0.2) is 0 Å². The van der Waals surface area contributed by atoms with E-state index in [-0.39, 0.29) is 0 Å². The third-order valence-corrected chi connectivity index (χ3v) is 5.16. The van der Waals surface area contributed by atoms with Crippen LogP contribution < -0.4 is 0 Å². The zero-order valence-corrected chi connectivity index (χ0v) is 16.6. The first kappa shape index (κ1) is 21.3. The van der Waals surface area contributed by atoms with Crippen LogP contribution in [-0.4, -0.2) is 0 Å². The zero-order chi connectivity index (χ0) is 17.3. The molecule has 0 N–H and O–H groups in total. The van der Waals surface area contributed by atoms with Gasteiger partial charge in [0, 0.05) is 0 Å². The Bertz CT molecular complexity index is 362. The summed E-state index contributed by atoms with van der Waals surface area (Å²) in [5.41, 5.74) is 3.07. The summed E-state index contributed by atoms with van der Waals surface area (Å²) in [6.07, 6.45) is 22.2. The van der Waals surface area contributed by atoms with Gasteiger partial charge in [-0.3, -0.25) is 0 Å². The second kappa shape index (κ2) is 15.7. The van der Waals surface area contributed by atoms with Crippen LogP contribution in [0.4, 0.5) is 0 Å². The molecule has 0 heteroatoms. The van der Waals surface area contributed by atoms with Crippen molar-refractivity contribution in [2.75, 3.05) is 0 Å². The molecule has 0 aliphatic heterocycles. The predicted octanol–water partition coefficient (Wildman–Crippen LogP) is 8.27. The number of hydrogen-bond acceptors (Lipinski definition) is 0. The largest absolute Gasteiger partial charge is 0.0654 e. The molecule has 0 nitrogen and oxygen atoms in total. The predicted molar refractivity (Wildman–Crippen MR) is 110 cm³/mol. The number of benzene rings is 1. The molecular weight excluding hydrogens is 288 g/mol. The SMILES string of the molecule is CCCCCCCCCCc1ccc(CCCCCCCC)cc1. The van der Waals surface area contributed by atoms with E-state index in [1.165, 1.54) is 114 Å². The van der Waals surface area contributed by atoms with Gasteiger partial charge in [-0.05, 0) is 36.8 Å². The molecular formula is C24H42. The van der Waals surface area contributed by atoms with E-state index in [1.54, 1.807) is 0 Å². The quantitative estimate of drug-likeness (QED) is 0.267. The van der Waals surface area contributed by atoms with Crippen LogP contribution in [0.2, 0.25) is 0 Å². The zero-order valence-electron chi connectivity index (χ0n) is 16.6. The highest BCUT2D eigenvalue weighted by molar-refractivity contribution is 5.22. The van der Waals surface area contributed by atoms with Gasteiger partial charge in [0.2, 0.25) is 0 Å². The highest BCUT2D eigenvalue weighted by atomic mass is 14.0. The molecule has 0 spiro atoms. The summed E-state index contributed by atoms with van der Waals surface area (Å²) < 4.78 is 0. The second-order valence-corrected chi connectivity index (χ2v) is 7.56. The van der Waals surface area contributed by atoms with Gasteiger partial charge in [-0.1, -0.05) is 115 Å². The Hall–Kier alpha value is -0.780. The van der Waals surface area contributed by atoms with Crippen molar-refractivity contribution in [3.63, 3.8) is 0 Å². The van der Waals surface area contributed by atoms with Gasteiger partial charge in [-0.2, -0.15) is 0 Å². The Labute approximate surface area is 152 Å². The van der Waals surface area contributed by atoms with E-state index in [1.807, 2.05) is 0 Å². The molecule has 0 aliphatic carbocycles. The van der Waals surface area contributed by atoms with Crippen LogP contribution in [0.15, 0.2) is 24.3 Å². The van der Waals surface area contributed by atoms with Crippen molar-refractivity contribution in [1.82, 2.24) is 0 Å². The Morgan fingerprint density at radius 1 is 0.417 bits per heavy atom. The molecule has 0 atom stereocenters. The average molecular weight is 331 g/mol. The lowest BCUT2D eigenvalue weighted by Gasteiger charge is -2.05. The molecule has 0 aromatic heterocycles. The van der Waals surface area contributed by atoms with Crippen molar-refractivity contribution >= 4 is 0 Å². The van der Waals surface area contributed by atoms with Crippen LogP contribution in [-0.2, 0) is 12.8 Å².